The molecule has 0 amide bonds. The molecule has 1 aromatic rings. The largest absolute Gasteiger partial charge is 0.494 e. The summed E-state index contributed by atoms with van der Waals surface area (Å²) in [5.41, 5.74) is 0.876. The first-order chi connectivity index (χ1) is 6.27. The summed E-state index contributed by atoms with van der Waals surface area (Å²) in [6.07, 6.45) is 1.22. The monoisotopic (exact) mass is 198 g/mol. The van der Waals surface area contributed by atoms with Crippen molar-refractivity contribution < 1.29 is 9.53 Å². The van der Waals surface area contributed by atoms with Crippen LogP contribution >= 0.6 is 11.6 Å². The molecule has 0 saturated carbocycles. The summed E-state index contributed by atoms with van der Waals surface area (Å²) in [6, 6.07) is 5.29. The first kappa shape index (κ1) is 10.1. The molecule has 0 bridgehead atoms. The molecule has 0 fully saturated rings. The topological polar surface area (TPSA) is 26.3 Å². The minimum Gasteiger partial charge on any atom is -0.494 e. The van der Waals surface area contributed by atoms with Gasteiger partial charge in [0.25, 0.3) is 0 Å². The zero-order valence-electron chi connectivity index (χ0n) is 7.42. The molecular weight excluding hydrogens is 188 g/mol. The van der Waals surface area contributed by atoms with Crippen molar-refractivity contribution in [2.45, 2.75) is 13.3 Å². The van der Waals surface area contributed by atoms with Crippen molar-refractivity contribution in [2.75, 3.05) is 6.61 Å². The number of hydrogen-bond donors (Lipinski definition) is 0. The van der Waals surface area contributed by atoms with Gasteiger partial charge >= 0.3 is 0 Å². The maximum atomic E-state index is 10.3. The fourth-order valence-corrected chi connectivity index (χ4v) is 1.24. The van der Waals surface area contributed by atoms with Crippen LogP contribution in [0.1, 0.15) is 12.5 Å². The van der Waals surface area contributed by atoms with Gasteiger partial charge in [-0.25, -0.2) is 0 Å². The van der Waals surface area contributed by atoms with Crippen molar-refractivity contribution in [3.05, 3.63) is 28.8 Å². The van der Waals surface area contributed by atoms with E-state index >= 15 is 0 Å². The molecule has 0 spiro atoms. The third-order valence-electron chi connectivity index (χ3n) is 1.63. The summed E-state index contributed by atoms with van der Waals surface area (Å²) in [5, 5.41) is 0.623. The molecule has 70 valence electrons. The number of aldehydes is 1. The second-order valence-electron chi connectivity index (χ2n) is 2.56. The highest BCUT2D eigenvalue weighted by Gasteiger charge is 2.02. The Labute approximate surface area is 82.5 Å². The van der Waals surface area contributed by atoms with E-state index in [9.17, 15) is 4.79 Å². The number of halogens is 1. The minimum atomic E-state index is 0.368. The van der Waals surface area contributed by atoms with Crippen LogP contribution in [0.4, 0.5) is 0 Å². The van der Waals surface area contributed by atoms with Crippen molar-refractivity contribution in [3.63, 3.8) is 0 Å². The van der Waals surface area contributed by atoms with E-state index in [2.05, 4.69) is 0 Å². The van der Waals surface area contributed by atoms with Gasteiger partial charge in [-0.05, 0) is 19.1 Å². The molecule has 0 aromatic heterocycles. The lowest BCUT2D eigenvalue weighted by Gasteiger charge is -2.07. The number of benzene rings is 1. The number of carbonyl (C=O) groups excluding carboxylic acids is 1. The Morgan fingerprint density at radius 1 is 1.54 bits per heavy atom. The first-order valence-corrected chi connectivity index (χ1v) is 4.50. The van der Waals surface area contributed by atoms with Crippen LogP contribution in [0.2, 0.25) is 5.02 Å². The second-order valence-corrected chi connectivity index (χ2v) is 2.99. The molecule has 1 aromatic carbocycles. The van der Waals surface area contributed by atoms with Crippen molar-refractivity contribution >= 4 is 17.9 Å². The van der Waals surface area contributed by atoms with Gasteiger partial charge in [0.2, 0.25) is 0 Å². The van der Waals surface area contributed by atoms with Crippen LogP contribution in [0.3, 0.4) is 0 Å². The van der Waals surface area contributed by atoms with E-state index in [1.54, 1.807) is 12.1 Å². The van der Waals surface area contributed by atoms with Crippen LogP contribution in [0.25, 0.3) is 0 Å². The molecular formula is C10H11ClO2. The van der Waals surface area contributed by atoms with Gasteiger partial charge in [0.1, 0.15) is 12.0 Å². The molecule has 0 saturated heterocycles. The standard InChI is InChI=1S/C10H11ClO2/c1-2-13-10-7-9(11)4-3-8(10)5-6-12/h3-4,6-7H,2,5H2,1H3. The predicted molar refractivity (Wildman–Crippen MR) is 52.4 cm³/mol. The fourth-order valence-electron chi connectivity index (χ4n) is 1.08. The van der Waals surface area contributed by atoms with E-state index < -0.39 is 0 Å². The quantitative estimate of drug-likeness (QED) is 0.695. The number of rotatable bonds is 4. The second kappa shape index (κ2) is 4.87. The Balaban J connectivity index is 2.95. The summed E-state index contributed by atoms with van der Waals surface area (Å²) in [6.45, 7) is 2.47. The number of carbonyl (C=O) groups is 1. The van der Waals surface area contributed by atoms with Crippen molar-refractivity contribution in [3.8, 4) is 5.75 Å². The van der Waals surface area contributed by atoms with E-state index in [1.807, 2.05) is 13.0 Å². The lowest BCUT2D eigenvalue weighted by molar-refractivity contribution is -0.107. The highest BCUT2D eigenvalue weighted by atomic mass is 35.5. The Morgan fingerprint density at radius 3 is 2.92 bits per heavy atom. The highest BCUT2D eigenvalue weighted by molar-refractivity contribution is 6.30. The zero-order valence-corrected chi connectivity index (χ0v) is 8.17. The van der Waals surface area contributed by atoms with Gasteiger partial charge in [-0.15, -0.1) is 0 Å². The van der Waals surface area contributed by atoms with Gasteiger partial charge in [-0.3, -0.25) is 0 Å². The van der Waals surface area contributed by atoms with Gasteiger partial charge in [0.05, 0.1) is 6.61 Å². The number of hydrogen-bond acceptors (Lipinski definition) is 2. The van der Waals surface area contributed by atoms with Crippen molar-refractivity contribution in [2.24, 2.45) is 0 Å². The summed E-state index contributed by atoms with van der Waals surface area (Å²) in [7, 11) is 0. The van der Waals surface area contributed by atoms with Crippen molar-refractivity contribution in [1.82, 2.24) is 0 Å². The summed E-state index contributed by atoms with van der Waals surface area (Å²) in [5.74, 6) is 0.696. The van der Waals surface area contributed by atoms with Crippen molar-refractivity contribution in [1.29, 1.82) is 0 Å². The molecule has 0 radical (unpaired) electrons. The molecule has 13 heavy (non-hydrogen) atoms. The lowest BCUT2D eigenvalue weighted by Crippen LogP contribution is -1.97. The zero-order chi connectivity index (χ0) is 9.68. The van der Waals surface area contributed by atoms with E-state index in [-0.39, 0.29) is 0 Å². The Morgan fingerprint density at radius 2 is 2.31 bits per heavy atom. The third-order valence-corrected chi connectivity index (χ3v) is 1.87. The summed E-state index contributed by atoms with van der Waals surface area (Å²) in [4.78, 5) is 10.3. The maximum absolute atomic E-state index is 10.3. The van der Waals surface area contributed by atoms with E-state index in [0.29, 0.717) is 23.8 Å². The van der Waals surface area contributed by atoms with Gasteiger partial charge in [0, 0.05) is 17.0 Å². The Kier molecular flexibility index (Phi) is 3.77. The molecule has 0 aliphatic carbocycles. The van der Waals surface area contributed by atoms with Crippen LogP contribution in [0, 0.1) is 0 Å². The molecule has 0 unspecified atom stereocenters. The number of ether oxygens (including phenoxy) is 1. The van der Waals surface area contributed by atoms with Gasteiger partial charge in [-0.2, -0.15) is 0 Å². The third kappa shape index (κ3) is 2.74. The van der Waals surface area contributed by atoms with Crippen LogP contribution < -0.4 is 4.74 Å². The molecule has 2 nitrogen and oxygen atoms in total. The molecule has 0 heterocycles. The average Bonchev–Trinajstić information content (AvgIpc) is 2.10. The lowest BCUT2D eigenvalue weighted by atomic mass is 10.1. The Hall–Kier alpha value is -1.02. The van der Waals surface area contributed by atoms with Gasteiger partial charge in [0.15, 0.2) is 0 Å². The van der Waals surface area contributed by atoms with E-state index in [1.165, 1.54) is 0 Å². The fraction of sp³-hybridized carbons (Fsp3) is 0.300. The van der Waals surface area contributed by atoms with Crippen LogP contribution in [0.5, 0.6) is 5.75 Å². The summed E-state index contributed by atoms with van der Waals surface area (Å²) < 4.78 is 5.33. The van der Waals surface area contributed by atoms with E-state index in [4.69, 9.17) is 16.3 Å². The average molecular weight is 199 g/mol. The Bertz CT molecular complexity index is 297. The van der Waals surface area contributed by atoms with Gasteiger partial charge < -0.3 is 9.53 Å². The highest BCUT2D eigenvalue weighted by Crippen LogP contribution is 2.23. The van der Waals surface area contributed by atoms with Gasteiger partial charge in [-0.1, -0.05) is 17.7 Å². The summed E-state index contributed by atoms with van der Waals surface area (Å²) >= 11 is 5.78. The predicted octanol–water partition coefficient (Wildman–Crippen LogP) is 2.48. The molecule has 0 aliphatic heterocycles. The maximum Gasteiger partial charge on any atom is 0.124 e. The van der Waals surface area contributed by atoms with E-state index in [0.717, 1.165) is 11.8 Å². The van der Waals surface area contributed by atoms with Crippen LogP contribution in [-0.4, -0.2) is 12.9 Å². The molecule has 0 atom stereocenters. The van der Waals surface area contributed by atoms with Crippen LogP contribution in [0.15, 0.2) is 18.2 Å². The molecule has 0 aliphatic rings. The molecule has 3 heteroatoms. The first-order valence-electron chi connectivity index (χ1n) is 4.12. The SMILES string of the molecule is CCOc1cc(Cl)ccc1CC=O. The minimum absolute atomic E-state index is 0.368. The van der Waals surface area contributed by atoms with Crippen LogP contribution in [-0.2, 0) is 11.2 Å². The smallest absolute Gasteiger partial charge is 0.124 e. The molecule has 0 N–H and O–H groups in total. The normalized spacial score (nSPS) is 9.69. The molecule has 1 rings (SSSR count).